The van der Waals surface area contributed by atoms with Gasteiger partial charge in [-0.1, -0.05) is 0 Å². The summed E-state index contributed by atoms with van der Waals surface area (Å²) in [6, 6.07) is 0.0887. The van der Waals surface area contributed by atoms with E-state index >= 15 is 0 Å². The van der Waals surface area contributed by atoms with Crippen LogP contribution in [0.25, 0.3) is 0 Å². The Hall–Kier alpha value is -1.69. The molecule has 2 atom stereocenters. The molecule has 6 nitrogen and oxygen atoms in total. The Bertz CT molecular complexity index is 401. The summed E-state index contributed by atoms with van der Waals surface area (Å²) in [6.45, 7) is 3.49. The molecular formula is C12H18N4O2. The Labute approximate surface area is 106 Å². The number of ether oxygens (including phenoxy) is 1. The quantitative estimate of drug-likeness (QED) is 0.821. The van der Waals surface area contributed by atoms with Crippen LogP contribution in [-0.2, 0) is 4.74 Å². The Kier molecular flexibility index (Phi) is 4.09. The van der Waals surface area contributed by atoms with Crippen LogP contribution in [0.1, 0.15) is 23.8 Å². The SMILES string of the molecule is CNc1cnc(C(=O)NC(C)C2CCOC2)cn1. The average molecular weight is 250 g/mol. The van der Waals surface area contributed by atoms with Gasteiger partial charge in [-0.2, -0.15) is 0 Å². The molecule has 98 valence electrons. The minimum atomic E-state index is -0.190. The van der Waals surface area contributed by atoms with Gasteiger partial charge in [-0.15, -0.1) is 0 Å². The lowest BCUT2D eigenvalue weighted by Gasteiger charge is -2.18. The summed E-state index contributed by atoms with van der Waals surface area (Å²) >= 11 is 0. The highest BCUT2D eigenvalue weighted by Gasteiger charge is 2.24. The van der Waals surface area contributed by atoms with E-state index in [1.54, 1.807) is 7.05 Å². The number of hydrogen-bond donors (Lipinski definition) is 2. The lowest BCUT2D eigenvalue weighted by Crippen LogP contribution is -2.38. The number of rotatable bonds is 4. The zero-order chi connectivity index (χ0) is 13.0. The number of aromatic nitrogens is 2. The molecule has 2 rings (SSSR count). The van der Waals surface area contributed by atoms with E-state index in [-0.39, 0.29) is 11.9 Å². The van der Waals surface area contributed by atoms with E-state index in [1.807, 2.05) is 6.92 Å². The molecule has 0 aromatic carbocycles. The van der Waals surface area contributed by atoms with Gasteiger partial charge in [0.05, 0.1) is 19.0 Å². The molecule has 2 heterocycles. The van der Waals surface area contributed by atoms with Crippen molar-refractivity contribution in [3.8, 4) is 0 Å². The fourth-order valence-electron chi connectivity index (χ4n) is 1.92. The summed E-state index contributed by atoms with van der Waals surface area (Å²) in [5.74, 6) is 0.840. The van der Waals surface area contributed by atoms with Gasteiger partial charge in [0.1, 0.15) is 11.5 Å². The lowest BCUT2D eigenvalue weighted by molar-refractivity contribution is 0.0917. The van der Waals surface area contributed by atoms with Crippen molar-refractivity contribution in [2.24, 2.45) is 5.92 Å². The van der Waals surface area contributed by atoms with Gasteiger partial charge in [-0.25, -0.2) is 9.97 Å². The van der Waals surface area contributed by atoms with Gasteiger partial charge >= 0.3 is 0 Å². The second kappa shape index (κ2) is 5.77. The van der Waals surface area contributed by atoms with E-state index in [2.05, 4.69) is 20.6 Å². The van der Waals surface area contributed by atoms with Crippen molar-refractivity contribution < 1.29 is 9.53 Å². The Balaban J connectivity index is 1.93. The minimum Gasteiger partial charge on any atom is -0.381 e. The first-order chi connectivity index (χ1) is 8.70. The number of carbonyl (C=O) groups excluding carboxylic acids is 1. The first kappa shape index (κ1) is 12.8. The maximum Gasteiger partial charge on any atom is 0.271 e. The van der Waals surface area contributed by atoms with Crippen LogP contribution in [0.2, 0.25) is 0 Å². The summed E-state index contributed by atoms with van der Waals surface area (Å²) in [6.07, 6.45) is 4.00. The van der Waals surface area contributed by atoms with Crippen molar-refractivity contribution in [1.82, 2.24) is 15.3 Å². The molecule has 0 radical (unpaired) electrons. The lowest BCUT2D eigenvalue weighted by atomic mass is 10.0. The maximum absolute atomic E-state index is 11.9. The highest BCUT2D eigenvalue weighted by Crippen LogP contribution is 2.16. The molecule has 0 aliphatic carbocycles. The van der Waals surface area contributed by atoms with Crippen molar-refractivity contribution in [2.45, 2.75) is 19.4 Å². The van der Waals surface area contributed by atoms with Gasteiger partial charge < -0.3 is 15.4 Å². The fourth-order valence-corrected chi connectivity index (χ4v) is 1.92. The Morgan fingerprint density at radius 2 is 2.33 bits per heavy atom. The summed E-state index contributed by atoms with van der Waals surface area (Å²) in [5.41, 5.74) is 0.333. The van der Waals surface area contributed by atoms with Gasteiger partial charge in [0, 0.05) is 25.6 Å². The monoisotopic (exact) mass is 250 g/mol. The van der Waals surface area contributed by atoms with Crippen molar-refractivity contribution in [2.75, 3.05) is 25.6 Å². The number of amides is 1. The zero-order valence-electron chi connectivity index (χ0n) is 10.6. The predicted octanol–water partition coefficient (Wildman–Crippen LogP) is 0.673. The molecule has 0 saturated carbocycles. The van der Waals surface area contributed by atoms with Gasteiger partial charge in [-0.3, -0.25) is 4.79 Å². The highest BCUT2D eigenvalue weighted by atomic mass is 16.5. The molecule has 6 heteroatoms. The van der Waals surface area contributed by atoms with Crippen LogP contribution >= 0.6 is 0 Å². The van der Waals surface area contributed by atoms with E-state index in [0.717, 1.165) is 13.0 Å². The molecule has 0 spiro atoms. The molecule has 1 aliphatic heterocycles. The van der Waals surface area contributed by atoms with Crippen molar-refractivity contribution in [3.63, 3.8) is 0 Å². The molecule has 1 aromatic rings. The maximum atomic E-state index is 11.9. The number of nitrogens with zero attached hydrogens (tertiary/aromatic N) is 2. The minimum absolute atomic E-state index is 0.0887. The summed E-state index contributed by atoms with van der Waals surface area (Å²) in [4.78, 5) is 20.1. The third-order valence-corrected chi connectivity index (χ3v) is 3.17. The van der Waals surface area contributed by atoms with E-state index in [1.165, 1.54) is 12.4 Å². The van der Waals surface area contributed by atoms with Gasteiger partial charge in [-0.05, 0) is 13.3 Å². The first-order valence-corrected chi connectivity index (χ1v) is 6.09. The van der Waals surface area contributed by atoms with Crippen LogP contribution in [0.15, 0.2) is 12.4 Å². The van der Waals surface area contributed by atoms with E-state index in [9.17, 15) is 4.79 Å². The normalized spacial score (nSPS) is 20.4. The molecule has 1 saturated heterocycles. The largest absolute Gasteiger partial charge is 0.381 e. The molecule has 2 unspecified atom stereocenters. The topological polar surface area (TPSA) is 76.1 Å². The smallest absolute Gasteiger partial charge is 0.271 e. The molecule has 1 aliphatic rings. The molecule has 0 bridgehead atoms. The second-order valence-corrected chi connectivity index (χ2v) is 4.42. The van der Waals surface area contributed by atoms with E-state index in [0.29, 0.717) is 24.0 Å². The van der Waals surface area contributed by atoms with Crippen LogP contribution in [0.4, 0.5) is 5.82 Å². The second-order valence-electron chi connectivity index (χ2n) is 4.42. The van der Waals surface area contributed by atoms with Gasteiger partial charge in [0.15, 0.2) is 0 Å². The summed E-state index contributed by atoms with van der Waals surface area (Å²) < 4.78 is 5.31. The number of carbonyl (C=O) groups is 1. The Morgan fingerprint density at radius 1 is 1.50 bits per heavy atom. The molecule has 2 N–H and O–H groups in total. The highest BCUT2D eigenvalue weighted by molar-refractivity contribution is 5.92. The van der Waals surface area contributed by atoms with Crippen LogP contribution < -0.4 is 10.6 Å². The van der Waals surface area contributed by atoms with Crippen LogP contribution in [0.5, 0.6) is 0 Å². The van der Waals surface area contributed by atoms with Crippen LogP contribution in [0.3, 0.4) is 0 Å². The molecule has 18 heavy (non-hydrogen) atoms. The number of nitrogens with one attached hydrogen (secondary N) is 2. The third kappa shape index (κ3) is 2.95. The number of hydrogen-bond acceptors (Lipinski definition) is 5. The van der Waals surface area contributed by atoms with Crippen molar-refractivity contribution >= 4 is 11.7 Å². The molecule has 1 amide bonds. The number of anilines is 1. The molecule has 1 fully saturated rings. The van der Waals surface area contributed by atoms with Crippen molar-refractivity contribution in [3.05, 3.63) is 18.1 Å². The Morgan fingerprint density at radius 3 is 2.89 bits per heavy atom. The third-order valence-electron chi connectivity index (χ3n) is 3.17. The average Bonchev–Trinajstić information content (AvgIpc) is 2.92. The van der Waals surface area contributed by atoms with Gasteiger partial charge in [0.25, 0.3) is 5.91 Å². The van der Waals surface area contributed by atoms with Crippen LogP contribution in [-0.4, -0.2) is 42.2 Å². The van der Waals surface area contributed by atoms with Gasteiger partial charge in [0.2, 0.25) is 0 Å². The standard InChI is InChI=1S/C12H18N4O2/c1-8(9-3-4-18-7-9)16-12(17)10-5-15-11(13-2)6-14-10/h5-6,8-9H,3-4,7H2,1-2H3,(H,13,15)(H,16,17). The van der Waals surface area contributed by atoms with E-state index < -0.39 is 0 Å². The summed E-state index contributed by atoms with van der Waals surface area (Å²) in [5, 5.41) is 5.79. The zero-order valence-corrected chi connectivity index (χ0v) is 10.6. The van der Waals surface area contributed by atoms with Crippen molar-refractivity contribution in [1.29, 1.82) is 0 Å². The van der Waals surface area contributed by atoms with Crippen LogP contribution in [0, 0.1) is 5.92 Å². The van der Waals surface area contributed by atoms with E-state index in [4.69, 9.17) is 4.74 Å². The molecule has 1 aromatic heterocycles. The summed E-state index contributed by atoms with van der Waals surface area (Å²) in [7, 11) is 1.76. The molecular weight excluding hydrogens is 232 g/mol. The fraction of sp³-hybridized carbons (Fsp3) is 0.583. The first-order valence-electron chi connectivity index (χ1n) is 6.09. The predicted molar refractivity (Wildman–Crippen MR) is 67.4 cm³/mol.